The predicted octanol–water partition coefficient (Wildman–Crippen LogP) is 3.69. The molecule has 0 aliphatic heterocycles. The summed E-state index contributed by atoms with van der Waals surface area (Å²) in [6.45, 7) is 6.27. The van der Waals surface area contributed by atoms with E-state index in [0.717, 1.165) is 38.5 Å². The Balaban J connectivity index is 1.72. The number of aliphatic hydroxyl groups excluding tert-OH is 1. The van der Waals surface area contributed by atoms with E-state index >= 15 is 0 Å². The van der Waals surface area contributed by atoms with Crippen LogP contribution in [-0.4, -0.2) is 22.8 Å². The fourth-order valence-corrected chi connectivity index (χ4v) is 7.35. The van der Waals surface area contributed by atoms with Gasteiger partial charge in [-0.15, -0.1) is 0 Å². The molecular weight excluding hydrogens is 300 g/mol. The topological polar surface area (TPSA) is 54.4 Å². The van der Waals surface area contributed by atoms with Gasteiger partial charge in [-0.25, -0.2) is 0 Å². The van der Waals surface area contributed by atoms with E-state index in [1.807, 2.05) is 6.08 Å². The van der Waals surface area contributed by atoms with E-state index in [1.54, 1.807) is 6.92 Å². The Morgan fingerprint density at radius 2 is 1.96 bits per heavy atom. The predicted molar refractivity (Wildman–Crippen MR) is 92.3 cm³/mol. The molecular formula is C21H30O3. The maximum Gasteiger partial charge on any atom is 0.155 e. The normalized spacial score (nSPS) is 50.6. The molecule has 24 heavy (non-hydrogen) atoms. The lowest BCUT2D eigenvalue weighted by atomic mass is 9.46. The quantitative estimate of drug-likeness (QED) is 0.797. The second kappa shape index (κ2) is 5.27. The van der Waals surface area contributed by atoms with Gasteiger partial charge in [-0.3, -0.25) is 9.59 Å². The molecule has 6 unspecified atom stereocenters. The van der Waals surface area contributed by atoms with E-state index < -0.39 is 0 Å². The molecule has 4 aliphatic carbocycles. The van der Waals surface area contributed by atoms with Crippen LogP contribution in [0.2, 0.25) is 0 Å². The molecule has 3 fully saturated rings. The molecule has 132 valence electrons. The Bertz CT molecular complexity index is 621. The number of hydrogen-bond acceptors (Lipinski definition) is 3. The minimum absolute atomic E-state index is 0.0219. The van der Waals surface area contributed by atoms with Crippen LogP contribution in [0, 0.1) is 34.5 Å². The van der Waals surface area contributed by atoms with E-state index in [0.29, 0.717) is 24.0 Å². The van der Waals surface area contributed by atoms with Gasteiger partial charge in [0.25, 0.3) is 0 Å². The summed E-state index contributed by atoms with van der Waals surface area (Å²) in [5.41, 5.74) is 1.23. The molecule has 3 heteroatoms. The minimum Gasteiger partial charge on any atom is -0.393 e. The Labute approximate surface area is 144 Å². The third-order valence-electron chi connectivity index (χ3n) is 8.38. The van der Waals surface area contributed by atoms with Crippen LogP contribution in [-0.2, 0) is 9.59 Å². The smallest absolute Gasteiger partial charge is 0.155 e. The van der Waals surface area contributed by atoms with E-state index in [4.69, 9.17) is 0 Å². The fraction of sp³-hybridized carbons (Fsp3) is 0.810. The number of allylic oxidation sites excluding steroid dienone is 1. The molecule has 0 radical (unpaired) electrons. The second-order valence-electron chi connectivity index (χ2n) is 9.41. The van der Waals surface area contributed by atoms with Gasteiger partial charge < -0.3 is 5.11 Å². The summed E-state index contributed by atoms with van der Waals surface area (Å²) in [5.74, 6) is 1.99. The molecule has 0 spiro atoms. The number of carbonyl (C=O) groups is 2. The van der Waals surface area contributed by atoms with Crippen molar-refractivity contribution in [1.82, 2.24) is 0 Å². The van der Waals surface area contributed by atoms with Crippen molar-refractivity contribution < 1.29 is 14.7 Å². The molecule has 4 aliphatic rings. The van der Waals surface area contributed by atoms with Crippen LogP contribution < -0.4 is 0 Å². The number of carbonyl (C=O) groups excluding carboxylic acids is 2. The van der Waals surface area contributed by atoms with Crippen LogP contribution in [0.5, 0.6) is 0 Å². The molecule has 0 bridgehead atoms. The number of ketones is 2. The highest BCUT2D eigenvalue weighted by Gasteiger charge is 2.62. The van der Waals surface area contributed by atoms with E-state index in [9.17, 15) is 14.7 Å². The first-order valence-corrected chi connectivity index (χ1v) is 9.70. The Kier molecular flexibility index (Phi) is 3.62. The van der Waals surface area contributed by atoms with Crippen molar-refractivity contribution in [3.63, 3.8) is 0 Å². The van der Waals surface area contributed by atoms with Crippen molar-refractivity contribution in [3.05, 3.63) is 11.6 Å². The zero-order valence-corrected chi connectivity index (χ0v) is 15.2. The maximum atomic E-state index is 12.2. The van der Waals surface area contributed by atoms with Crippen molar-refractivity contribution in [2.75, 3.05) is 0 Å². The summed E-state index contributed by atoms with van der Waals surface area (Å²) in [4.78, 5) is 24.0. The number of aliphatic hydroxyl groups is 1. The van der Waals surface area contributed by atoms with Crippen molar-refractivity contribution in [2.45, 2.75) is 71.8 Å². The van der Waals surface area contributed by atoms with Gasteiger partial charge in [0.15, 0.2) is 5.78 Å². The minimum atomic E-state index is -0.349. The molecule has 3 nitrogen and oxygen atoms in total. The zero-order chi connectivity index (χ0) is 17.3. The lowest BCUT2D eigenvalue weighted by Crippen LogP contribution is -2.56. The van der Waals surface area contributed by atoms with E-state index in [2.05, 4.69) is 13.8 Å². The highest BCUT2D eigenvalue weighted by Crippen LogP contribution is 2.66. The first-order valence-electron chi connectivity index (χ1n) is 9.70. The fourth-order valence-electron chi connectivity index (χ4n) is 7.35. The zero-order valence-electron chi connectivity index (χ0n) is 15.2. The average molecular weight is 330 g/mol. The second-order valence-corrected chi connectivity index (χ2v) is 9.41. The van der Waals surface area contributed by atoms with Gasteiger partial charge >= 0.3 is 0 Å². The SMILES string of the molecule is CC(=O)C1CCC2[C@@H]3CCC4=CC(=O)CCC4(C)C3C(O)CC12C. The maximum absolute atomic E-state index is 12.2. The molecule has 0 amide bonds. The Morgan fingerprint density at radius 1 is 1.21 bits per heavy atom. The number of Topliss-reactive ketones (excluding diaryl/α,β-unsaturated/α-hetero) is 1. The first kappa shape index (κ1) is 16.5. The molecule has 0 aromatic rings. The third-order valence-corrected chi connectivity index (χ3v) is 8.38. The Hall–Kier alpha value is -0.960. The van der Waals surface area contributed by atoms with Gasteiger partial charge in [0.2, 0.25) is 0 Å². The van der Waals surface area contributed by atoms with Crippen molar-refractivity contribution in [3.8, 4) is 0 Å². The molecule has 1 N–H and O–H groups in total. The van der Waals surface area contributed by atoms with Gasteiger partial charge in [-0.2, -0.15) is 0 Å². The molecule has 7 atom stereocenters. The number of rotatable bonds is 1. The lowest BCUT2D eigenvalue weighted by Gasteiger charge is -2.59. The largest absolute Gasteiger partial charge is 0.393 e. The molecule has 3 saturated carbocycles. The summed E-state index contributed by atoms with van der Waals surface area (Å²) in [5, 5.41) is 11.2. The Morgan fingerprint density at radius 3 is 2.67 bits per heavy atom. The van der Waals surface area contributed by atoms with Crippen LogP contribution in [0.25, 0.3) is 0 Å². The van der Waals surface area contributed by atoms with Gasteiger partial charge in [0, 0.05) is 12.3 Å². The standard InChI is InChI=1S/C21H30O3/c1-12(22)16-6-7-17-15-5-4-13-10-14(23)8-9-20(13,2)19(15)18(24)11-21(16,17)3/h10,15-19,24H,4-9,11H2,1-3H3/t15-,16?,17?,18?,19?,20?,21?/m0/s1. The van der Waals surface area contributed by atoms with Crippen LogP contribution in [0.4, 0.5) is 0 Å². The highest BCUT2D eigenvalue weighted by molar-refractivity contribution is 5.91. The molecule has 0 aromatic heterocycles. The molecule has 0 saturated heterocycles. The van der Waals surface area contributed by atoms with Gasteiger partial charge in [0.05, 0.1) is 6.10 Å². The third kappa shape index (κ3) is 2.06. The monoisotopic (exact) mass is 330 g/mol. The number of hydrogen-bond donors (Lipinski definition) is 1. The molecule has 0 heterocycles. The van der Waals surface area contributed by atoms with Crippen molar-refractivity contribution in [2.24, 2.45) is 34.5 Å². The summed E-state index contributed by atoms with van der Waals surface area (Å²) in [7, 11) is 0. The van der Waals surface area contributed by atoms with Crippen LogP contribution in [0.3, 0.4) is 0 Å². The van der Waals surface area contributed by atoms with Crippen molar-refractivity contribution in [1.29, 1.82) is 0 Å². The first-order chi connectivity index (χ1) is 11.3. The highest BCUT2D eigenvalue weighted by atomic mass is 16.3. The van der Waals surface area contributed by atoms with E-state index in [-0.39, 0.29) is 34.6 Å². The summed E-state index contributed by atoms with van der Waals surface area (Å²) in [6.07, 6.45) is 7.97. The van der Waals surface area contributed by atoms with Gasteiger partial charge in [-0.05, 0) is 80.1 Å². The number of fused-ring (bicyclic) bond motifs is 5. The molecule has 0 aromatic carbocycles. The lowest BCUT2D eigenvalue weighted by molar-refractivity contribution is -0.143. The molecule has 4 rings (SSSR count). The summed E-state index contributed by atoms with van der Waals surface area (Å²) < 4.78 is 0. The summed E-state index contributed by atoms with van der Waals surface area (Å²) >= 11 is 0. The van der Waals surface area contributed by atoms with Crippen LogP contribution in [0.15, 0.2) is 11.6 Å². The van der Waals surface area contributed by atoms with Crippen LogP contribution >= 0.6 is 0 Å². The van der Waals surface area contributed by atoms with Crippen LogP contribution in [0.1, 0.15) is 65.7 Å². The van der Waals surface area contributed by atoms with E-state index in [1.165, 1.54) is 5.57 Å². The van der Waals surface area contributed by atoms with Crippen molar-refractivity contribution >= 4 is 11.6 Å². The average Bonchev–Trinajstić information content (AvgIpc) is 2.84. The van der Waals surface area contributed by atoms with Gasteiger partial charge in [-0.1, -0.05) is 19.4 Å². The van der Waals surface area contributed by atoms with Gasteiger partial charge in [0.1, 0.15) is 5.78 Å². The summed E-state index contributed by atoms with van der Waals surface area (Å²) in [6, 6.07) is 0.